The molecule has 0 amide bonds. The topological polar surface area (TPSA) is 265 Å². The van der Waals surface area contributed by atoms with Crippen molar-refractivity contribution in [3.8, 4) is 0 Å². The van der Waals surface area contributed by atoms with E-state index >= 15 is 0 Å². The fraction of sp³-hybridized carbons (Fsp3) is 0.925. The number of hydrogen-bond donors (Lipinski definition) is 7. The van der Waals surface area contributed by atoms with Crippen molar-refractivity contribution in [1.29, 1.82) is 0 Å². The van der Waals surface area contributed by atoms with E-state index in [0.29, 0.717) is 37.5 Å². The zero-order chi connectivity index (χ0) is 57.1. The van der Waals surface area contributed by atoms with Crippen LogP contribution in [-0.4, -0.2) is 185 Å². The van der Waals surface area contributed by atoms with Gasteiger partial charge in [0.1, 0.15) is 49.8 Å². The second-order valence-electron chi connectivity index (χ2n) is 20.2. The van der Waals surface area contributed by atoms with E-state index in [-0.39, 0.29) is 37.2 Å². The van der Waals surface area contributed by atoms with E-state index in [2.05, 4.69) is 13.8 Å². The first kappa shape index (κ1) is 72.6. The number of esters is 4. The van der Waals surface area contributed by atoms with Crippen molar-refractivity contribution in [1.82, 2.24) is 0 Å². The fourth-order valence-electron chi connectivity index (χ4n) is 8.81. The number of carbonyl (C=O) groups is 4. The Morgan fingerprint density at radius 3 is 1.22 bits per heavy atom. The maximum absolute atomic E-state index is 11.8. The summed E-state index contributed by atoms with van der Waals surface area (Å²) in [6, 6.07) is 0. The maximum atomic E-state index is 11.8. The molecular formula is C53H94O17S8. The van der Waals surface area contributed by atoms with E-state index < -0.39 is 67.2 Å². The van der Waals surface area contributed by atoms with Gasteiger partial charge in [-0.3, -0.25) is 19.2 Å². The molecule has 0 spiro atoms. The highest BCUT2D eigenvalue weighted by molar-refractivity contribution is 8.78. The van der Waals surface area contributed by atoms with Crippen molar-refractivity contribution >= 4 is 110 Å². The monoisotopic (exact) mass is 1260 g/mol. The molecule has 6 aliphatic rings. The summed E-state index contributed by atoms with van der Waals surface area (Å²) in [6.45, 7) is 7.98. The predicted molar refractivity (Wildman–Crippen MR) is 322 cm³/mol. The average molecular weight is 1260 g/mol. The van der Waals surface area contributed by atoms with Gasteiger partial charge in [-0.1, -0.05) is 139 Å². The van der Waals surface area contributed by atoms with Crippen LogP contribution in [0.5, 0.6) is 0 Å². The summed E-state index contributed by atoms with van der Waals surface area (Å²) in [5, 5.41) is 69.9. The van der Waals surface area contributed by atoms with Gasteiger partial charge in [-0.05, 0) is 96.8 Å². The van der Waals surface area contributed by atoms with Gasteiger partial charge in [0.05, 0.1) is 18.8 Å². The smallest absolute Gasteiger partial charge is 0.306 e. The molecule has 0 aromatic rings. The Morgan fingerprint density at radius 2 is 0.846 bits per heavy atom. The molecule has 15 atom stereocenters. The standard InChI is InChI=1S/C15H26O6S2.C14H24O7S2.C14H26O2S2.C10H18O2S2/c1-9-11(21-15(19)14(18)13(9)17)8-20-12(16)5-3-2-4-10-6-7-22-23-10;15-10(4-2-1-3-8-5-6-22-23-8)20-7-9-11(16)12(17)13(18)14(19)21-9;1-3-7-12(4-2)16-14(15)9-6-5-8-13-10-11-17-18-13;1-2-12-10(11)6-4-3-5-9-7-8-13-14-9/h9-11,13-15,17-19H,2-8H2,1H3;8-9,11-14,16-19H,1-7H2;12-13H,3-11H2,1-2H3;9H,2-8H2,1H3. The highest BCUT2D eigenvalue weighted by Gasteiger charge is 2.44. The molecule has 456 valence electrons. The van der Waals surface area contributed by atoms with Gasteiger partial charge in [-0.15, -0.1) is 0 Å². The van der Waals surface area contributed by atoms with Crippen LogP contribution in [0.3, 0.4) is 0 Å². The van der Waals surface area contributed by atoms with Crippen LogP contribution in [0.15, 0.2) is 0 Å². The summed E-state index contributed by atoms with van der Waals surface area (Å²) in [7, 11) is 15.7. The highest BCUT2D eigenvalue weighted by Crippen LogP contribution is 2.42. The lowest BCUT2D eigenvalue weighted by atomic mass is 9.91. The second-order valence-corrected chi connectivity index (χ2v) is 31.4. The Balaban J connectivity index is 0.000000278. The van der Waals surface area contributed by atoms with E-state index in [1.807, 2.05) is 93.3 Å². The molecule has 17 nitrogen and oxygen atoms in total. The average Bonchev–Trinajstić information content (AvgIpc) is 4.32. The van der Waals surface area contributed by atoms with E-state index in [1.54, 1.807) is 6.92 Å². The van der Waals surface area contributed by atoms with Gasteiger partial charge in [-0.2, -0.15) is 0 Å². The maximum Gasteiger partial charge on any atom is 0.306 e. The van der Waals surface area contributed by atoms with Crippen molar-refractivity contribution in [3.05, 3.63) is 0 Å². The van der Waals surface area contributed by atoms with Gasteiger partial charge in [0, 0.05) is 75.6 Å². The minimum Gasteiger partial charge on any atom is -0.466 e. The van der Waals surface area contributed by atoms with Crippen LogP contribution < -0.4 is 0 Å². The van der Waals surface area contributed by atoms with Gasteiger partial charge in [-0.25, -0.2) is 0 Å². The Bertz CT molecular complexity index is 1520. The molecule has 6 saturated heterocycles. The molecule has 0 saturated carbocycles. The number of ether oxygens (including phenoxy) is 6. The van der Waals surface area contributed by atoms with Crippen molar-refractivity contribution < 1.29 is 83.3 Å². The summed E-state index contributed by atoms with van der Waals surface area (Å²) in [5.41, 5.74) is 0. The molecule has 0 bridgehead atoms. The third kappa shape index (κ3) is 30.9. The predicted octanol–water partition coefficient (Wildman–Crippen LogP) is 9.45. The third-order valence-corrected chi connectivity index (χ3v) is 25.8. The van der Waals surface area contributed by atoms with E-state index in [4.69, 9.17) is 28.4 Å². The number of unbranched alkanes of at least 4 members (excludes halogenated alkanes) is 4. The third-order valence-electron chi connectivity index (χ3n) is 13.8. The fourth-order valence-corrected chi connectivity index (χ4v) is 20.9. The van der Waals surface area contributed by atoms with Crippen LogP contribution in [-0.2, 0) is 47.6 Å². The largest absolute Gasteiger partial charge is 0.466 e. The highest BCUT2D eigenvalue weighted by atomic mass is 33.1. The van der Waals surface area contributed by atoms with Crippen molar-refractivity contribution in [2.24, 2.45) is 5.92 Å². The molecule has 7 N–H and O–H groups in total. The molecular weight excluding hydrogens is 1170 g/mol. The molecule has 6 fully saturated rings. The molecule has 15 unspecified atom stereocenters. The molecule has 0 radical (unpaired) electrons. The van der Waals surface area contributed by atoms with Crippen molar-refractivity contribution in [2.75, 3.05) is 42.8 Å². The Hall–Kier alpha value is 0.320. The summed E-state index contributed by atoms with van der Waals surface area (Å²) < 4.78 is 30.7. The second kappa shape index (κ2) is 43.9. The Labute approximate surface area is 496 Å². The first-order valence-corrected chi connectivity index (χ1v) is 38.0. The molecule has 6 aliphatic heterocycles. The zero-order valence-corrected chi connectivity index (χ0v) is 52.9. The number of aliphatic hydroxyl groups is 7. The van der Waals surface area contributed by atoms with Gasteiger partial charge in [0.15, 0.2) is 12.6 Å². The molecule has 0 aromatic carbocycles. The summed E-state index contributed by atoms with van der Waals surface area (Å²) in [6.07, 6.45) is 11.1. The van der Waals surface area contributed by atoms with Gasteiger partial charge in [0.25, 0.3) is 0 Å². The van der Waals surface area contributed by atoms with Crippen LogP contribution in [0, 0.1) is 5.92 Å². The number of hydrogen-bond acceptors (Lipinski definition) is 25. The van der Waals surface area contributed by atoms with Crippen LogP contribution in [0.2, 0.25) is 0 Å². The number of rotatable bonds is 29. The first-order chi connectivity index (χ1) is 37.6. The zero-order valence-electron chi connectivity index (χ0n) is 46.4. The quantitative estimate of drug-likeness (QED) is 0.0159. The molecule has 6 heterocycles. The van der Waals surface area contributed by atoms with Crippen LogP contribution >= 0.6 is 86.4 Å². The first-order valence-electron chi connectivity index (χ1n) is 28.4. The van der Waals surface area contributed by atoms with Crippen molar-refractivity contribution in [3.63, 3.8) is 0 Å². The lowest BCUT2D eigenvalue weighted by Crippen LogP contribution is -2.58. The minimum atomic E-state index is -1.61. The van der Waals surface area contributed by atoms with Crippen LogP contribution in [0.25, 0.3) is 0 Å². The van der Waals surface area contributed by atoms with Crippen molar-refractivity contribution in [2.45, 2.75) is 258 Å². The Morgan fingerprint density at radius 1 is 0.474 bits per heavy atom. The molecule has 0 aromatic heterocycles. The molecule has 25 heteroatoms. The molecule has 0 aliphatic carbocycles. The summed E-state index contributed by atoms with van der Waals surface area (Å²) in [4.78, 5) is 46.1. The number of aliphatic hydroxyl groups excluding tert-OH is 7. The Kier molecular flexibility index (Phi) is 40.8. The SMILES string of the molecule is CC1C(COC(=O)CCCCC2CCSS2)OC(O)C(O)C1O.CCCC(CC)OC(=O)CCCCC1CCSS1.CCOC(=O)CCCCC1CCSS1.O=C(CCCCC1CCSS1)OCC1OC(O)C(O)C(O)C1O. The van der Waals surface area contributed by atoms with Crippen LogP contribution in [0.1, 0.15) is 175 Å². The molecule has 78 heavy (non-hydrogen) atoms. The normalized spacial score (nSPS) is 30.9. The lowest BCUT2D eigenvalue weighted by molar-refractivity contribution is -0.287. The van der Waals surface area contributed by atoms with Crippen LogP contribution in [0.4, 0.5) is 0 Å². The van der Waals surface area contributed by atoms with Gasteiger partial charge in [0.2, 0.25) is 0 Å². The van der Waals surface area contributed by atoms with E-state index in [1.165, 1.54) is 61.5 Å². The number of carbonyl (C=O) groups excluding carboxylic acids is 4. The summed E-state index contributed by atoms with van der Waals surface area (Å²) >= 11 is 0. The molecule has 6 rings (SSSR count). The summed E-state index contributed by atoms with van der Waals surface area (Å²) in [5.74, 6) is 3.88. The van der Waals surface area contributed by atoms with E-state index in [9.17, 15) is 54.9 Å². The minimum absolute atomic E-state index is 0.00347. The lowest BCUT2D eigenvalue weighted by Gasteiger charge is -2.39. The van der Waals surface area contributed by atoms with Gasteiger partial charge >= 0.3 is 23.9 Å². The van der Waals surface area contributed by atoms with E-state index in [0.717, 1.165) is 99.2 Å². The van der Waals surface area contributed by atoms with Gasteiger partial charge < -0.3 is 64.2 Å².